The van der Waals surface area contributed by atoms with Crippen LogP contribution in [0.1, 0.15) is 48.9 Å². The van der Waals surface area contributed by atoms with Crippen LogP contribution in [0.3, 0.4) is 0 Å². The summed E-state index contributed by atoms with van der Waals surface area (Å²) >= 11 is 6.03. The summed E-state index contributed by atoms with van der Waals surface area (Å²) in [6, 6.07) is 24.8. The highest BCUT2D eigenvalue weighted by molar-refractivity contribution is 6.30. The van der Waals surface area contributed by atoms with E-state index in [9.17, 15) is 9.59 Å². The number of hydrogen-bond donors (Lipinski definition) is 3. The zero-order valence-electron chi connectivity index (χ0n) is 25.6. The number of likely N-dealkylation sites (tertiary alicyclic amines) is 1. The molecule has 3 aromatic carbocycles. The van der Waals surface area contributed by atoms with Gasteiger partial charge in [0, 0.05) is 30.4 Å². The Kier molecular flexibility index (Phi) is 9.08. The van der Waals surface area contributed by atoms with Gasteiger partial charge in [-0.25, -0.2) is 9.18 Å². The molecule has 0 bridgehead atoms. The number of nitrogens with one attached hydrogen (secondary N) is 2. The van der Waals surface area contributed by atoms with Gasteiger partial charge in [0.2, 0.25) is 5.91 Å². The second kappa shape index (κ2) is 13.2. The fourth-order valence-corrected chi connectivity index (χ4v) is 6.39. The lowest BCUT2D eigenvalue weighted by Gasteiger charge is -2.30. The van der Waals surface area contributed by atoms with Crippen LogP contribution in [-0.4, -0.2) is 41.5 Å². The number of carbonyl (C=O) groups excluding carboxylic acids is 2. The smallest absolute Gasteiger partial charge is 0.322 e. The van der Waals surface area contributed by atoms with E-state index < -0.39 is 34.9 Å². The maximum atomic E-state index is 15.4. The molecule has 4 aromatic rings. The number of methoxy groups -OCH3 is 1. The van der Waals surface area contributed by atoms with E-state index in [-0.39, 0.29) is 18.7 Å². The summed E-state index contributed by atoms with van der Waals surface area (Å²) in [5.41, 5.74) is 7.76. The lowest BCUT2D eigenvalue weighted by Crippen LogP contribution is -2.45. The van der Waals surface area contributed by atoms with E-state index in [0.717, 1.165) is 12.0 Å². The second-order valence-corrected chi connectivity index (χ2v) is 12.6. The number of halogens is 2. The van der Waals surface area contributed by atoms with Crippen molar-refractivity contribution in [3.05, 3.63) is 125 Å². The third-order valence-electron chi connectivity index (χ3n) is 9.18. The third kappa shape index (κ3) is 6.63. The quantitative estimate of drug-likeness (QED) is 0.172. The minimum atomic E-state index is -0.983. The molecule has 238 valence electrons. The first kappa shape index (κ1) is 31.7. The molecule has 1 aliphatic heterocycles. The van der Waals surface area contributed by atoms with Crippen LogP contribution in [0.5, 0.6) is 0 Å². The molecule has 4 N–H and O–H groups in total. The molecular weight excluding hydrogens is 605 g/mol. The summed E-state index contributed by atoms with van der Waals surface area (Å²) < 4.78 is 21.4. The normalized spacial score (nSPS) is 20.6. The van der Waals surface area contributed by atoms with Crippen molar-refractivity contribution in [2.24, 2.45) is 11.7 Å². The average molecular weight is 642 g/mol. The summed E-state index contributed by atoms with van der Waals surface area (Å²) in [7, 11) is 1.56. The molecule has 2 aliphatic rings. The number of anilines is 2. The maximum absolute atomic E-state index is 15.4. The molecular formula is C36H37ClFN5O3. The topological polar surface area (TPSA) is 110 Å². The number of ether oxygens (including phenoxy) is 1. The van der Waals surface area contributed by atoms with Crippen LogP contribution in [0.4, 0.5) is 20.6 Å². The molecule has 0 spiro atoms. The Labute approximate surface area is 273 Å². The molecule has 1 saturated heterocycles. The number of aromatic nitrogens is 1. The lowest BCUT2D eigenvalue weighted by atomic mass is 9.82. The highest BCUT2D eigenvalue weighted by Gasteiger charge is 2.50. The Balaban J connectivity index is 1.30. The van der Waals surface area contributed by atoms with Gasteiger partial charge in [-0.1, -0.05) is 66.9 Å². The molecule has 1 aliphatic carbocycles. The zero-order chi connectivity index (χ0) is 32.3. The number of nitrogens with two attached hydrogens (primary N) is 1. The summed E-state index contributed by atoms with van der Waals surface area (Å²) in [4.78, 5) is 33.7. The van der Waals surface area contributed by atoms with E-state index in [2.05, 4.69) is 15.6 Å². The molecule has 46 heavy (non-hydrogen) atoms. The molecule has 2 fully saturated rings. The Hall–Kier alpha value is -4.31. The number of urea groups is 1. The van der Waals surface area contributed by atoms with Gasteiger partial charge < -0.3 is 26.0 Å². The molecule has 1 saturated carbocycles. The molecule has 0 radical (unpaired) electrons. The van der Waals surface area contributed by atoms with E-state index >= 15 is 4.39 Å². The number of rotatable bonds is 10. The highest BCUT2D eigenvalue weighted by Crippen LogP contribution is 2.41. The minimum absolute atomic E-state index is 0.0210. The van der Waals surface area contributed by atoms with Crippen LogP contribution in [0.2, 0.25) is 5.02 Å². The van der Waals surface area contributed by atoms with Crippen molar-refractivity contribution in [3.63, 3.8) is 0 Å². The lowest BCUT2D eigenvalue weighted by molar-refractivity contribution is -0.119. The Morgan fingerprint density at radius 2 is 1.78 bits per heavy atom. The molecule has 3 amide bonds. The van der Waals surface area contributed by atoms with E-state index in [4.69, 9.17) is 22.1 Å². The van der Waals surface area contributed by atoms with Crippen molar-refractivity contribution in [2.75, 3.05) is 24.3 Å². The van der Waals surface area contributed by atoms with Gasteiger partial charge in [0.1, 0.15) is 17.5 Å². The number of pyridine rings is 1. The van der Waals surface area contributed by atoms with E-state index in [1.165, 1.54) is 23.8 Å². The SMILES string of the molecule is COC1(c2ccccc2)CC(C(=O)Nc2cc(C(N)(CCC3CC3)c3ccccn3)ccc2F)N(C(=O)Nc2ccc(Cl)cc2)C1. The fourth-order valence-electron chi connectivity index (χ4n) is 6.27. The standard InChI is InChI=1S/C36H37ClFN5O3/c1-46-35(25-7-3-2-4-8-25)22-31(43(23-35)34(45)41-28-15-13-27(37)14-16-28)33(44)42-30-21-26(12-17-29(30)38)36(39,19-18-24-10-11-24)32-9-5-6-20-40-32/h2-9,12-17,20-21,24,31H,10-11,18-19,22-23,39H2,1H3,(H,41,45)(H,42,44). The van der Waals surface area contributed by atoms with Crippen molar-refractivity contribution < 1.29 is 18.7 Å². The summed E-state index contributed by atoms with van der Waals surface area (Å²) in [5.74, 6) is -0.529. The van der Waals surface area contributed by atoms with Gasteiger partial charge in [0.05, 0.1) is 23.5 Å². The fraction of sp³-hybridized carbons (Fsp3) is 0.306. The third-order valence-corrected chi connectivity index (χ3v) is 9.43. The molecule has 2 heterocycles. The summed E-state index contributed by atoms with van der Waals surface area (Å²) in [5, 5.41) is 6.16. The minimum Gasteiger partial charge on any atom is -0.372 e. The van der Waals surface area contributed by atoms with Crippen molar-refractivity contribution in [1.82, 2.24) is 9.88 Å². The van der Waals surface area contributed by atoms with Crippen molar-refractivity contribution >= 4 is 34.9 Å². The second-order valence-electron chi connectivity index (χ2n) is 12.2. The number of nitrogens with zero attached hydrogens (tertiary/aromatic N) is 2. The van der Waals surface area contributed by atoms with Crippen LogP contribution in [0, 0.1) is 11.7 Å². The molecule has 3 unspecified atom stereocenters. The first-order valence-corrected chi connectivity index (χ1v) is 15.8. The van der Waals surface area contributed by atoms with Crippen molar-refractivity contribution in [3.8, 4) is 0 Å². The van der Waals surface area contributed by atoms with E-state index in [1.807, 2.05) is 48.5 Å². The number of amides is 3. The van der Waals surface area contributed by atoms with Crippen LogP contribution in [0.25, 0.3) is 0 Å². The predicted molar refractivity (Wildman–Crippen MR) is 177 cm³/mol. The number of benzene rings is 3. The predicted octanol–water partition coefficient (Wildman–Crippen LogP) is 7.05. The maximum Gasteiger partial charge on any atom is 0.322 e. The summed E-state index contributed by atoms with van der Waals surface area (Å²) in [6.07, 6.45) is 5.76. The van der Waals surface area contributed by atoms with Gasteiger partial charge in [-0.3, -0.25) is 9.78 Å². The first-order chi connectivity index (χ1) is 22.2. The summed E-state index contributed by atoms with van der Waals surface area (Å²) in [6.45, 7) is 0.0975. The van der Waals surface area contributed by atoms with Crippen molar-refractivity contribution in [2.45, 2.75) is 49.3 Å². The molecule has 6 rings (SSSR count). The van der Waals surface area contributed by atoms with Gasteiger partial charge in [0.15, 0.2) is 0 Å². The van der Waals surface area contributed by atoms with E-state index in [1.54, 1.807) is 49.7 Å². The van der Waals surface area contributed by atoms with Crippen LogP contribution < -0.4 is 16.4 Å². The molecule has 8 nitrogen and oxygen atoms in total. The Bertz CT molecular complexity index is 1690. The van der Waals surface area contributed by atoms with Gasteiger partial charge in [0.25, 0.3) is 0 Å². The Morgan fingerprint density at radius 1 is 1.04 bits per heavy atom. The monoisotopic (exact) mass is 641 g/mol. The molecule has 10 heteroatoms. The van der Waals surface area contributed by atoms with Crippen molar-refractivity contribution in [1.29, 1.82) is 0 Å². The molecule has 3 atom stereocenters. The van der Waals surface area contributed by atoms with Gasteiger partial charge in [-0.2, -0.15) is 0 Å². The zero-order valence-corrected chi connectivity index (χ0v) is 26.3. The van der Waals surface area contributed by atoms with Crippen LogP contribution in [0.15, 0.2) is 97.2 Å². The Morgan fingerprint density at radius 3 is 2.46 bits per heavy atom. The largest absolute Gasteiger partial charge is 0.372 e. The van der Waals surface area contributed by atoms with Crippen LogP contribution in [-0.2, 0) is 20.7 Å². The van der Waals surface area contributed by atoms with Gasteiger partial charge >= 0.3 is 6.03 Å². The highest BCUT2D eigenvalue weighted by atomic mass is 35.5. The van der Waals surface area contributed by atoms with E-state index in [0.29, 0.717) is 34.3 Å². The van der Waals surface area contributed by atoms with Gasteiger partial charge in [-0.05, 0) is 78.4 Å². The number of carbonyl (C=O) groups is 2. The number of hydrogen-bond acceptors (Lipinski definition) is 5. The first-order valence-electron chi connectivity index (χ1n) is 15.5. The molecule has 1 aromatic heterocycles. The van der Waals surface area contributed by atoms with Crippen LogP contribution >= 0.6 is 11.6 Å². The average Bonchev–Trinajstić information content (AvgIpc) is 3.83. The van der Waals surface area contributed by atoms with Gasteiger partial charge in [-0.15, -0.1) is 0 Å².